The van der Waals surface area contributed by atoms with Gasteiger partial charge in [-0.05, 0) is 19.3 Å². The average molecular weight is 237 g/mol. The molecule has 1 heterocycles. The van der Waals surface area contributed by atoms with Crippen molar-refractivity contribution in [3.63, 3.8) is 0 Å². The molecule has 0 atom stereocenters. The quantitative estimate of drug-likeness (QED) is 0.875. The number of ether oxygens (including phenoxy) is 1. The van der Waals surface area contributed by atoms with Gasteiger partial charge in [-0.2, -0.15) is 5.10 Å². The molecule has 4 nitrogen and oxygen atoms in total. The normalized spacial score (nSPS) is 17.4. The molecule has 17 heavy (non-hydrogen) atoms. The van der Waals surface area contributed by atoms with Crippen LogP contribution >= 0.6 is 0 Å². The van der Waals surface area contributed by atoms with Gasteiger partial charge in [0, 0.05) is 6.54 Å². The third kappa shape index (κ3) is 2.32. The van der Waals surface area contributed by atoms with E-state index in [-0.39, 0.29) is 0 Å². The van der Waals surface area contributed by atoms with Gasteiger partial charge < -0.3 is 10.5 Å². The Morgan fingerprint density at radius 1 is 1.35 bits per heavy atom. The molecule has 1 fully saturated rings. The van der Waals surface area contributed by atoms with Gasteiger partial charge in [-0.3, -0.25) is 0 Å². The van der Waals surface area contributed by atoms with Crippen LogP contribution < -0.4 is 10.5 Å². The first-order chi connectivity index (χ1) is 8.31. The molecule has 2 rings (SSSR count). The zero-order chi connectivity index (χ0) is 12.3. The lowest BCUT2D eigenvalue weighted by molar-refractivity contribution is 0.279. The van der Waals surface area contributed by atoms with Crippen LogP contribution in [0.5, 0.6) is 5.88 Å². The van der Waals surface area contributed by atoms with Crippen molar-refractivity contribution >= 4 is 0 Å². The summed E-state index contributed by atoms with van der Waals surface area (Å²) in [5, 5.41) is 4.71. The summed E-state index contributed by atoms with van der Waals surface area (Å²) in [6.45, 7) is 2.63. The van der Waals surface area contributed by atoms with Crippen molar-refractivity contribution in [2.45, 2.75) is 58.0 Å². The van der Waals surface area contributed by atoms with Crippen LogP contribution in [0.2, 0.25) is 0 Å². The summed E-state index contributed by atoms with van der Waals surface area (Å²) in [6, 6.07) is 0.504. The van der Waals surface area contributed by atoms with Gasteiger partial charge in [0.2, 0.25) is 5.88 Å². The van der Waals surface area contributed by atoms with E-state index in [0.29, 0.717) is 12.6 Å². The van der Waals surface area contributed by atoms with Crippen molar-refractivity contribution in [2.24, 2.45) is 5.73 Å². The van der Waals surface area contributed by atoms with Crippen LogP contribution in [0, 0.1) is 0 Å². The summed E-state index contributed by atoms with van der Waals surface area (Å²) >= 11 is 0. The summed E-state index contributed by atoms with van der Waals surface area (Å²) in [6.07, 6.45) is 7.30. The van der Waals surface area contributed by atoms with E-state index in [1.54, 1.807) is 7.11 Å². The van der Waals surface area contributed by atoms with Gasteiger partial charge in [-0.15, -0.1) is 0 Å². The molecule has 0 radical (unpaired) electrons. The van der Waals surface area contributed by atoms with Crippen molar-refractivity contribution in [1.82, 2.24) is 9.78 Å². The Morgan fingerprint density at radius 2 is 2.06 bits per heavy atom. The average Bonchev–Trinajstić information content (AvgIpc) is 2.77. The molecule has 96 valence electrons. The van der Waals surface area contributed by atoms with E-state index in [1.165, 1.54) is 32.1 Å². The molecular weight excluding hydrogens is 214 g/mol. The molecule has 0 aliphatic heterocycles. The molecule has 0 bridgehead atoms. The van der Waals surface area contributed by atoms with Gasteiger partial charge >= 0.3 is 0 Å². The predicted molar refractivity (Wildman–Crippen MR) is 68.2 cm³/mol. The van der Waals surface area contributed by atoms with Crippen molar-refractivity contribution in [2.75, 3.05) is 7.11 Å². The second-order valence-corrected chi connectivity index (χ2v) is 4.73. The maximum absolute atomic E-state index is 5.81. The van der Waals surface area contributed by atoms with E-state index in [9.17, 15) is 0 Å². The Morgan fingerprint density at radius 3 is 2.59 bits per heavy atom. The predicted octanol–water partition coefficient (Wildman–Crippen LogP) is 2.42. The number of hydrogen-bond acceptors (Lipinski definition) is 3. The smallest absolute Gasteiger partial charge is 0.216 e. The van der Waals surface area contributed by atoms with Crippen LogP contribution in [-0.4, -0.2) is 16.9 Å². The summed E-state index contributed by atoms with van der Waals surface area (Å²) in [5.74, 6) is 0.885. The van der Waals surface area contributed by atoms with E-state index in [1.807, 2.05) is 0 Å². The van der Waals surface area contributed by atoms with Crippen molar-refractivity contribution < 1.29 is 4.74 Å². The minimum Gasteiger partial charge on any atom is -0.481 e. The first kappa shape index (κ1) is 12.4. The molecule has 1 aliphatic carbocycles. The molecule has 0 aromatic carbocycles. The largest absolute Gasteiger partial charge is 0.481 e. The van der Waals surface area contributed by atoms with Gasteiger partial charge in [-0.1, -0.05) is 26.2 Å². The molecule has 0 amide bonds. The molecular formula is C13H23N3O. The minimum atomic E-state index is 0.504. The topological polar surface area (TPSA) is 53.1 Å². The number of methoxy groups -OCH3 is 1. The highest BCUT2D eigenvalue weighted by atomic mass is 16.5. The summed E-state index contributed by atoms with van der Waals surface area (Å²) in [7, 11) is 1.72. The molecule has 1 saturated carbocycles. The molecule has 1 aliphatic rings. The Kier molecular flexibility index (Phi) is 4.05. The lowest BCUT2D eigenvalue weighted by Crippen LogP contribution is -2.15. The van der Waals surface area contributed by atoms with Crippen molar-refractivity contribution in [1.29, 1.82) is 0 Å². The first-order valence-corrected chi connectivity index (χ1v) is 6.66. The summed E-state index contributed by atoms with van der Waals surface area (Å²) in [4.78, 5) is 0. The van der Waals surface area contributed by atoms with Crippen LogP contribution in [0.3, 0.4) is 0 Å². The second-order valence-electron chi connectivity index (χ2n) is 4.73. The fraction of sp³-hybridized carbons (Fsp3) is 0.769. The number of aryl methyl sites for hydroxylation is 1. The number of nitrogens with zero attached hydrogens (tertiary/aromatic N) is 2. The van der Waals surface area contributed by atoms with Gasteiger partial charge in [0.25, 0.3) is 0 Å². The fourth-order valence-corrected chi connectivity index (χ4v) is 2.78. The summed E-state index contributed by atoms with van der Waals surface area (Å²) < 4.78 is 7.61. The second kappa shape index (κ2) is 5.54. The van der Waals surface area contributed by atoms with Gasteiger partial charge in [0.05, 0.1) is 24.4 Å². The summed E-state index contributed by atoms with van der Waals surface area (Å²) in [5.41, 5.74) is 7.99. The molecule has 2 N–H and O–H groups in total. The SMILES string of the molecule is CCc1nn(C2CCCCC2)c(OC)c1CN. The lowest BCUT2D eigenvalue weighted by atomic mass is 9.96. The van der Waals surface area contributed by atoms with Crippen molar-refractivity contribution in [3.05, 3.63) is 11.3 Å². The van der Waals surface area contributed by atoms with E-state index in [0.717, 1.165) is 23.6 Å². The Hall–Kier alpha value is -1.03. The standard InChI is InChI=1S/C13H23N3O/c1-3-12-11(9-14)13(17-2)16(15-12)10-7-5-4-6-8-10/h10H,3-9,14H2,1-2H3. The lowest BCUT2D eigenvalue weighted by Gasteiger charge is -2.23. The van der Waals surface area contributed by atoms with Gasteiger partial charge in [-0.25, -0.2) is 4.68 Å². The minimum absolute atomic E-state index is 0.504. The highest BCUT2D eigenvalue weighted by Crippen LogP contribution is 2.33. The number of rotatable bonds is 4. The Bertz CT molecular complexity index is 367. The number of nitrogens with two attached hydrogens (primary N) is 1. The highest BCUT2D eigenvalue weighted by Gasteiger charge is 2.23. The van der Waals surface area contributed by atoms with Crippen LogP contribution in [0.25, 0.3) is 0 Å². The highest BCUT2D eigenvalue weighted by molar-refractivity contribution is 5.32. The van der Waals surface area contributed by atoms with E-state index in [4.69, 9.17) is 15.6 Å². The van der Waals surface area contributed by atoms with E-state index >= 15 is 0 Å². The van der Waals surface area contributed by atoms with Gasteiger partial charge in [0.15, 0.2) is 0 Å². The zero-order valence-corrected chi connectivity index (χ0v) is 10.9. The zero-order valence-electron chi connectivity index (χ0n) is 10.9. The van der Waals surface area contributed by atoms with E-state index < -0.39 is 0 Å². The molecule has 1 aromatic heterocycles. The number of aromatic nitrogens is 2. The fourth-order valence-electron chi connectivity index (χ4n) is 2.78. The molecule has 0 saturated heterocycles. The van der Waals surface area contributed by atoms with Crippen LogP contribution in [0.1, 0.15) is 56.3 Å². The third-order valence-electron chi connectivity index (χ3n) is 3.70. The molecule has 0 spiro atoms. The van der Waals surface area contributed by atoms with Crippen LogP contribution in [0.4, 0.5) is 0 Å². The van der Waals surface area contributed by atoms with Crippen LogP contribution in [-0.2, 0) is 13.0 Å². The first-order valence-electron chi connectivity index (χ1n) is 6.66. The maximum atomic E-state index is 5.81. The Balaban J connectivity index is 2.34. The molecule has 4 heteroatoms. The third-order valence-corrected chi connectivity index (χ3v) is 3.70. The molecule has 1 aromatic rings. The van der Waals surface area contributed by atoms with Gasteiger partial charge in [0.1, 0.15) is 0 Å². The maximum Gasteiger partial charge on any atom is 0.216 e. The molecule has 0 unspecified atom stereocenters. The monoisotopic (exact) mass is 237 g/mol. The van der Waals surface area contributed by atoms with Crippen LogP contribution in [0.15, 0.2) is 0 Å². The number of hydrogen-bond donors (Lipinski definition) is 1. The van der Waals surface area contributed by atoms with Crippen molar-refractivity contribution in [3.8, 4) is 5.88 Å². The van der Waals surface area contributed by atoms with E-state index in [2.05, 4.69) is 11.6 Å². The Labute approximate surface area is 103 Å².